The van der Waals surface area contributed by atoms with Crippen LogP contribution in [0.5, 0.6) is 0 Å². The lowest BCUT2D eigenvalue weighted by Crippen LogP contribution is -2.27. The Morgan fingerprint density at radius 3 is 2.62 bits per heavy atom. The summed E-state index contributed by atoms with van der Waals surface area (Å²) in [7, 11) is 0. The fraction of sp³-hybridized carbons (Fsp3) is 0.333. The molecule has 0 radical (unpaired) electrons. The summed E-state index contributed by atoms with van der Waals surface area (Å²) in [6.45, 7) is 10.0. The Hall–Kier alpha value is -2.66. The molecule has 1 amide bonds. The van der Waals surface area contributed by atoms with Crippen molar-refractivity contribution in [2.75, 3.05) is 25.0 Å². The number of likely N-dealkylation sites (N-methyl/N-ethyl adjacent to an activating group) is 1. The second-order valence-electron chi connectivity index (χ2n) is 6.43. The molecule has 0 saturated heterocycles. The summed E-state index contributed by atoms with van der Waals surface area (Å²) >= 11 is 0. The number of rotatable bonds is 7. The summed E-state index contributed by atoms with van der Waals surface area (Å²) in [4.78, 5) is 19.7. The normalized spacial score (nSPS) is 11.2. The van der Waals surface area contributed by atoms with Crippen molar-refractivity contribution in [1.82, 2.24) is 14.5 Å². The SMILES string of the molecule is CCN(CC)CCn1c(NC(=O)c2cccc(C)c2)nc2ccccc21. The molecule has 2 aromatic carbocycles. The van der Waals surface area contributed by atoms with Crippen molar-refractivity contribution in [3.8, 4) is 0 Å². The summed E-state index contributed by atoms with van der Waals surface area (Å²) < 4.78 is 2.10. The number of nitrogens with zero attached hydrogens (tertiary/aromatic N) is 3. The Labute approximate surface area is 154 Å². The highest BCUT2D eigenvalue weighted by atomic mass is 16.1. The second-order valence-corrected chi connectivity index (χ2v) is 6.43. The Morgan fingerprint density at radius 2 is 1.88 bits per heavy atom. The number of fused-ring (bicyclic) bond motifs is 1. The maximum atomic E-state index is 12.7. The standard InChI is InChI=1S/C21H26N4O/c1-4-24(5-2)13-14-25-19-12-7-6-11-18(19)22-21(25)23-20(26)17-10-8-9-16(3)15-17/h6-12,15H,4-5,13-14H2,1-3H3,(H,22,23,26). The number of hydrogen-bond acceptors (Lipinski definition) is 3. The van der Waals surface area contributed by atoms with E-state index in [9.17, 15) is 4.79 Å². The molecule has 0 unspecified atom stereocenters. The van der Waals surface area contributed by atoms with Crippen LogP contribution < -0.4 is 5.32 Å². The van der Waals surface area contributed by atoms with Crippen molar-refractivity contribution >= 4 is 22.9 Å². The van der Waals surface area contributed by atoms with E-state index in [-0.39, 0.29) is 5.91 Å². The smallest absolute Gasteiger partial charge is 0.257 e. The highest BCUT2D eigenvalue weighted by Crippen LogP contribution is 2.20. The molecular weight excluding hydrogens is 324 g/mol. The summed E-state index contributed by atoms with van der Waals surface area (Å²) in [6.07, 6.45) is 0. The van der Waals surface area contributed by atoms with E-state index in [0.717, 1.165) is 42.8 Å². The molecule has 3 rings (SSSR count). The zero-order chi connectivity index (χ0) is 18.5. The number of amides is 1. The number of anilines is 1. The van der Waals surface area contributed by atoms with Crippen molar-refractivity contribution in [1.29, 1.82) is 0 Å². The Balaban J connectivity index is 1.89. The highest BCUT2D eigenvalue weighted by Gasteiger charge is 2.15. The van der Waals surface area contributed by atoms with Gasteiger partial charge in [-0.1, -0.05) is 43.7 Å². The lowest BCUT2D eigenvalue weighted by atomic mass is 10.1. The molecule has 1 N–H and O–H groups in total. The average Bonchev–Trinajstić information content (AvgIpc) is 3.00. The lowest BCUT2D eigenvalue weighted by Gasteiger charge is -2.19. The van der Waals surface area contributed by atoms with Gasteiger partial charge in [0, 0.05) is 18.7 Å². The Morgan fingerprint density at radius 1 is 1.12 bits per heavy atom. The molecule has 0 aliphatic heterocycles. The van der Waals surface area contributed by atoms with E-state index < -0.39 is 0 Å². The van der Waals surface area contributed by atoms with Crippen LogP contribution in [-0.2, 0) is 6.54 Å². The van der Waals surface area contributed by atoms with Crippen LogP contribution in [0, 0.1) is 6.92 Å². The van der Waals surface area contributed by atoms with E-state index in [1.807, 2.05) is 55.5 Å². The third-order valence-corrected chi connectivity index (χ3v) is 4.69. The van der Waals surface area contributed by atoms with Crippen LogP contribution in [-0.4, -0.2) is 40.0 Å². The van der Waals surface area contributed by atoms with Crippen LogP contribution in [0.25, 0.3) is 11.0 Å². The lowest BCUT2D eigenvalue weighted by molar-refractivity contribution is 0.102. The highest BCUT2D eigenvalue weighted by molar-refractivity contribution is 6.04. The molecule has 5 heteroatoms. The number of benzene rings is 2. The molecule has 0 atom stereocenters. The van der Waals surface area contributed by atoms with E-state index in [2.05, 4.69) is 33.6 Å². The molecule has 0 aliphatic carbocycles. The number of aryl methyl sites for hydroxylation is 1. The molecule has 0 fully saturated rings. The monoisotopic (exact) mass is 350 g/mol. The van der Waals surface area contributed by atoms with Crippen LogP contribution in [0.3, 0.4) is 0 Å². The maximum Gasteiger partial charge on any atom is 0.257 e. The van der Waals surface area contributed by atoms with Gasteiger partial charge in [0.05, 0.1) is 11.0 Å². The molecule has 0 spiro atoms. The van der Waals surface area contributed by atoms with Gasteiger partial charge in [-0.2, -0.15) is 0 Å². The summed E-state index contributed by atoms with van der Waals surface area (Å²) in [5.74, 6) is 0.470. The first-order valence-corrected chi connectivity index (χ1v) is 9.18. The van der Waals surface area contributed by atoms with Gasteiger partial charge < -0.3 is 9.47 Å². The number of imidazole rings is 1. The predicted molar refractivity (Wildman–Crippen MR) is 107 cm³/mol. The van der Waals surface area contributed by atoms with Crippen LogP contribution in [0.1, 0.15) is 29.8 Å². The molecular formula is C21H26N4O. The quantitative estimate of drug-likeness (QED) is 0.702. The van der Waals surface area contributed by atoms with Crippen LogP contribution in [0.2, 0.25) is 0 Å². The molecule has 26 heavy (non-hydrogen) atoms. The van der Waals surface area contributed by atoms with E-state index in [1.165, 1.54) is 0 Å². The van der Waals surface area contributed by atoms with E-state index in [4.69, 9.17) is 0 Å². The van der Waals surface area contributed by atoms with Crippen molar-refractivity contribution in [2.45, 2.75) is 27.3 Å². The molecule has 1 aromatic heterocycles. The minimum atomic E-state index is -0.131. The van der Waals surface area contributed by atoms with Crippen LogP contribution in [0.15, 0.2) is 48.5 Å². The summed E-state index contributed by atoms with van der Waals surface area (Å²) in [5, 5.41) is 3.00. The topological polar surface area (TPSA) is 50.2 Å². The number of carbonyl (C=O) groups is 1. The van der Waals surface area contributed by atoms with E-state index in [0.29, 0.717) is 11.5 Å². The zero-order valence-corrected chi connectivity index (χ0v) is 15.7. The third-order valence-electron chi connectivity index (χ3n) is 4.69. The molecule has 0 bridgehead atoms. The van der Waals surface area contributed by atoms with E-state index in [1.54, 1.807) is 0 Å². The van der Waals surface area contributed by atoms with Crippen molar-refractivity contribution in [3.05, 3.63) is 59.7 Å². The zero-order valence-electron chi connectivity index (χ0n) is 15.7. The number of hydrogen-bond donors (Lipinski definition) is 1. The minimum absolute atomic E-state index is 0.131. The van der Waals surface area contributed by atoms with Crippen LogP contribution in [0.4, 0.5) is 5.95 Å². The van der Waals surface area contributed by atoms with Gasteiger partial charge in [0.25, 0.3) is 5.91 Å². The van der Waals surface area contributed by atoms with Gasteiger partial charge in [-0.15, -0.1) is 0 Å². The van der Waals surface area contributed by atoms with Gasteiger partial charge in [-0.05, 0) is 44.3 Å². The molecule has 0 aliphatic rings. The summed E-state index contributed by atoms with van der Waals surface area (Å²) in [6, 6.07) is 15.6. The Kier molecular flexibility index (Phi) is 5.68. The average molecular weight is 350 g/mol. The predicted octanol–water partition coefficient (Wildman–Crippen LogP) is 3.94. The van der Waals surface area contributed by atoms with Crippen molar-refractivity contribution in [3.63, 3.8) is 0 Å². The van der Waals surface area contributed by atoms with Crippen molar-refractivity contribution in [2.24, 2.45) is 0 Å². The minimum Gasteiger partial charge on any atom is -0.309 e. The first-order valence-electron chi connectivity index (χ1n) is 9.18. The number of aromatic nitrogens is 2. The molecule has 5 nitrogen and oxygen atoms in total. The van der Waals surface area contributed by atoms with Gasteiger partial charge in [0.2, 0.25) is 5.95 Å². The first-order chi connectivity index (χ1) is 12.6. The Bertz CT molecular complexity index is 896. The van der Waals surface area contributed by atoms with E-state index >= 15 is 0 Å². The van der Waals surface area contributed by atoms with Gasteiger partial charge in [0.1, 0.15) is 0 Å². The largest absolute Gasteiger partial charge is 0.309 e. The maximum absolute atomic E-state index is 12.7. The number of para-hydroxylation sites is 2. The number of carbonyl (C=O) groups excluding carboxylic acids is 1. The van der Waals surface area contributed by atoms with Gasteiger partial charge >= 0.3 is 0 Å². The molecule has 3 aromatic rings. The van der Waals surface area contributed by atoms with Crippen LogP contribution >= 0.6 is 0 Å². The van der Waals surface area contributed by atoms with Gasteiger partial charge in [0.15, 0.2) is 0 Å². The molecule has 1 heterocycles. The third kappa shape index (κ3) is 3.94. The number of nitrogens with one attached hydrogen (secondary N) is 1. The van der Waals surface area contributed by atoms with Gasteiger partial charge in [-0.25, -0.2) is 4.98 Å². The molecule has 136 valence electrons. The summed E-state index contributed by atoms with van der Waals surface area (Å²) in [5.41, 5.74) is 3.64. The fourth-order valence-electron chi connectivity index (χ4n) is 3.14. The van der Waals surface area contributed by atoms with Gasteiger partial charge in [-0.3, -0.25) is 10.1 Å². The first kappa shape index (κ1) is 18.1. The fourth-order valence-corrected chi connectivity index (χ4v) is 3.14. The van der Waals surface area contributed by atoms with Crippen molar-refractivity contribution < 1.29 is 4.79 Å². The second kappa shape index (κ2) is 8.15. The molecule has 0 saturated carbocycles.